The fraction of sp³-hybridized carbons (Fsp3) is 0.375. The lowest BCUT2D eigenvalue weighted by molar-refractivity contribution is -0.136. The minimum absolute atomic E-state index is 0.0229. The maximum atomic E-state index is 13.1. The lowest BCUT2D eigenvalue weighted by Gasteiger charge is -2.33. The Labute approximate surface area is 186 Å². The maximum absolute atomic E-state index is 13.1. The topological polar surface area (TPSA) is 71.7 Å². The molecule has 0 N–H and O–H groups in total. The first-order valence-corrected chi connectivity index (χ1v) is 10.7. The predicted octanol–water partition coefficient (Wildman–Crippen LogP) is 3.75. The number of hydrogen-bond donors (Lipinski definition) is 0. The Kier molecular flexibility index (Phi) is 6.80. The highest BCUT2D eigenvalue weighted by Gasteiger charge is 2.28. The third kappa shape index (κ3) is 5.31. The molecule has 168 valence electrons. The van der Waals surface area contributed by atoms with E-state index in [2.05, 4.69) is 15.0 Å². The third-order valence-electron chi connectivity index (χ3n) is 5.80. The van der Waals surface area contributed by atoms with Gasteiger partial charge in [-0.2, -0.15) is 4.98 Å². The van der Waals surface area contributed by atoms with E-state index in [-0.39, 0.29) is 24.2 Å². The highest BCUT2D eigenvalue weighted by atomic mass is 19.1. The van der Waals surface area contributed by atoms with Crippen molar-refractivity contribution >= 4 is 5.91 Å². The molecule has 0 atom stereocenters. The second kappa shape index (κ2) is 9.91. The van der Waals surface area contributed by atoms with Crippen LogP contribution < -0.4 is 4.74 Å². The van der Waals surface area contributed by atoms with Gasteiger partial charge in [-0.1, -0.05) is 29.4 Å². The van der Waals surface area contributed by atoms with Crippen molar-refractivity contribution < 1.29 is 18.4 Å². The maximum Gasteiger partial charge on any atom is 0.246 e. The zero-order valence-corrected chi connectivity index (χ0v) is 18.3. The number of rotatable bonds is 7. The Hall–Kier alpha value is -3.26. The molecule has 3 aromatic rings. The van der Waals surface area contributed by atoms with Crippen molar-refractivity contribution in [2.45, 2.75) is 25.9 Å². The van der Waals surface area contributed by atoms with E-state index >= 15 is 0 Å². The highest BCUT2D eigenvalue weighted by molar-refractivity contribution is 5.78. The number of ether oxygens (including phenoxy) is 1. The molecular weight excluding hydrogens is 411 g/mol. The van der Waals surface area contributed by atoms with Crippen molar-refractivity contribution in [3.63, 3.8) is 0 Å². The third-order valence-corrected chi connectivity index (χ3v) is 5.80. The van der Waals surface area contributed by atoms with E-state index in [0.717, 1.165) is 43.6 Å². The van der Waals surface area contributed by atoms with E-state index in [1.54, 1.807) is 19.1 Å². The second-order valence-electron chi connectivity index (χ2n) is 8.11. The zero-order valence-electron chi connectivity index (χ0n) is 18.3. The Morgan fingerprint density at radius 3 is 2.69 bits per heavy atom. The van der Waals surface area contributed by atoms with Crippen molar-refractivity contribution in [1.29, 1.82) is 0 Å². The number of amides is 1. The van der Waals surface area contributed by atoms with Gasteiger partial charge in [0.05, 0.1) is 13.7 Å². The van der Waals surface area contributed by atoms with Gasteiger partial charge in [0.1, 0.15) is 11.6 Å². The van der Waals surface area contributed by atoms with E-state index in [0.29, 0.717) is 17.5 Å². The van der Waals surface area contributed by atoms with Gasteiger partial charge in [0.2, 0.25) is 17.6 Å². The molecule has 0 unspecified atom stereocenters. The molecule has 1 fully saturated rings. The van der Waals surface area contributed by atoms with Crippen LogP contribution in [0.2, 0.25) is 0 Å². The smallest absolute Gasteiger partial charge is 0.246 e. The van der Waals surface area contributed by atoms with Gasteiger partial charge in [-0.05, 0) is 55.8 Å². The van der Waals surface area contributed by atoms with Crippen LogP contribution in [0.15, 0.2) is 53.1 Å². The Morgan fingerprint density at radius 1 is 1.22 bits per heavy atom. The van der Waals surface area contributed by atoms with E-state index in [4.69, 9.17) is 9.26 Å². The zero-order chi connectivity index (χ0) is 22.5. The number of benzene rings is 2. The SMILES string of the molecule is COc1cccc(-c2noc(CN(C)C(=O)C3CCN(Cc4ccc(F)cc4)CC3)n2)c1. The van der Waals surface area contributed by atoms with Gasteiger partial charge in [-0.15, -0.1) is 0 Å². The molecule has 0 radical (unpaired) electrons. The molecule has 1 aliphatic heterocycles. The molecule has 32 heavy (non-hydrogen) atoms. The summed E-state index contributed by atoms with van der Waals surface area (Å²) in [6, 6.07) is 14.0. The molecular formula is C24H27FN4O3. The summed E-state index contributed by atoms with van der Waals surface area (Å²) in [5.74, 6) is 1.42. The summed E-state index contributed by atoms with van der Waals surface area (Å²) in [5, 5.41) is 4.03. The molecule has 7 nitrogen and oxygen atoms in total. The quantitative estimate of drug-likeness (QED) is 0.560. The number of hydrogen-bond acceptors (Lipinski definition) is 6. The van der Waals surface area contributed by atoms with E-state index in [9.17, 15) is 9.18 Å². The van der Waals surface area contributed by atoms with Gasteiger partial charge in [-0.3, -0.25) is 9.69 Å². The van der Waals surface area contributed by atoms with E-state index in [1.165, 1.54) is 12.1 Å². The largest absolute Gasteiger partial charge is 0.497 e. The number of likely N-dealkylation sites (tertiary alicyclic amines) is 1. The summed E-state index contributed by atoms with van der Waals surface area (Å²) in [6.07, 6.45) is 1.59. The summed E-state index contributed by atoms with van der Waals surface area (Å²) in [5.41, 5.74) is 1.87. The first-order chi connectivity index (χ1) is 15.5. The van der Waals surface area contributed by atoms with E-state index < -0.39 is 0 Å². The van der Waals surface area contributed by atoms with Crippen LogP contribution in [0.1, 0.15) is 24.3 Å². The number of carbonyl (C=O) groups excluding carboxylic acids is 1. The van der Waals surface area contributed by atoms with Crippen molar-refractivity contribution in [2.24, 2.45) is 5.92 Å². The lowest BCUT2D eigenvalue weighted by atomic mass is 9.95. The number of nitrogens with zero attached hydrogens (tertiary/aromatic N) is 4. The molecule has 0 spiro atoms. The minimum Gasteiger partial charge on any atom is -0.497 e. The van der Waals surface area contributed by atoms with Crippen molar-refractivity contribution in [1.82, 2.24) is 19.9 Å². The van der Waals surface area contributed by atoms with Gasteiger partial charge in [0.15, 0.2) is 0 Å². The standard InChI is InChI=1S/C24H27FN4O3/c1-28(16-22-26-23(27-32-22)19-4-3-5-21(14-19)31-2)24(30)18-10-12-29(13-11-18)15-17-6-8-20(25)9-7-17/h3-9,14,18H,10-13,15-16H2,1-2H3. The first-order valence-electron chi connectivity index (χ1n) is 10.7. The molecule has 0 saturated carbocycles. The van der Waals surface area contributed by atoms with Crippen LogP contribution in [0.5, 0.6) is 5.75 Å². The summed E-state index contributed by atoms with van der Waals surface area (Å²) >= 11 is 0. The average Bonchev–Trinajstić information content (AvgIpc) is 3.29. The van der Waals surface area contributed by atoms with Crippen LogP contribution in [0.25, 0.3) is 11.4 Å². The number of aromatic nitrogens is 2. The molecule has 2 heterocycles. The van der Waals surface area contributed by atoms with Crippen LogP contribution in [-0.4, -0.2) is 53.1 Å². The van der Waals surface area contributed by atoms with Gasteiger partial charge in [0, 0.05) is 25.1 Å². The summed E-state index contributed by atoms with van der Waals surface area (Å²) in [7, 11) is 3.37. The van der Waals surface area contributed by atoms with Crippen LogP contribution in [0.4, 0.5) is 4.39 Å². The molecule has 0 aliphatic carbocycles. The van der Waals surface area contributed by atoms with E-state index in [1.807, 2.05) is 36.4 Å². The minimum atomic E-state index is -0.224. The number of carbonyl (C=O) groups is 1. The molecule has 1 aliphatic rings. The Morgan fingerprint density at radius 2 is 1.97 bits per heavy atom. The van der Waals surface area contributed by atoms with Gasteiger partial charge < -0.3 is 14.2 Å². The van der Waals surface area contributed by atoms with Crippen LogP contribution in [-0.2, 0) is 17.9 Å². The molecule has 1 saturated heterocycles. The second-order valence-corrected chi connectivity index (χ2v) is 8.11. The lowest BCUT2D eigenvalue weighted by Crippen LogP contribution is -2.40. The molecule has 1 amide bonds. The van der Waals surface area contributed by atoms with Gasteiger partial charge >= 0.3 is 0 Å². The highest BCUT2D eigenvalue weighted by Crippen LogP contribution is 2.23. The van der Waals surface area contributed by atoms with Gasteiger partial charge in [-0.25, -0.2) is 4.39 Å². The predicted molar refractivity (Wildman–Crippen MR) is 117 cm³/mol. The van der Waals surface area contributed by atoms with Crippen LogP contribution in [0, 0.1) is 11.7 Å². The molecule has 0 bridgehead atoms. The molecule has 2 aromatic carbocycles. The normalized spacial score (nSPS) is 15.0. The Bertz CT molecular complexity index is 1050. The number of halogens is 1. The summed E-state index contributed by atoms with van der Waals surface area (Å²) < 4.78 is 23.7. The Balaban J connectivity index is 1.29. The van der Waals surface area contributed by atoms with Crippen molar-refractivity contribution in [2.75, 3.05) is 27.2 Å². The van der Waals surface area contributed by atoms with Crippen LogP contribution in [0.3, 0.4) is 0 Å². The first kappa shape index (κ1) is 22.0. The molecule has 4 rings (SSSR count). The molecule has 8 heteroatoms. The number of methoxy groups -OCH3 is 1. The van der Waals surface area contributed by atoms with Crippen LogP contribution >= 0.6 is 0 Å². The van der Waals surface area contributed by atoms with Crippen molar-refractivity contribution in [3.05, 3.63) is 65.8 Å². The summed E-state index contributed by atoms with van der Waals surface area (Å²) in [6.45, 7) is 2.71. The number of piperidine rings is 1. The monoisotopic (exact) mass is 438 g/mol. The van der Waals surface area contributed by atoms with Crippen molar-refractivity contribution in [3.8, 4) is 17.1 Å². The molecule has 1 aromatic heterocycles. The average molecular weight is 439 g/mol. The fourth-order valence-electron chi connectivity index (χ4n) is 3.98. The van der Waals surface area contributed by atoms with Gasteiger partial charge in [0.25, 0.3) is 0 Å². The fourth-order valence-corrected chi connectivity index (χ4v) is 3.98. The summed E-state index contributed by atoms with van der Waals surface area (Å²) in [4.78, 5) is 21.3.